The number of aromatic hydroxyl groups is 1. The summed E-state index contributed by atoms with van der Waals surface area (Å²) < 4.78 is 12.3. The second-order valence-corrected chi connectivity index (χ2v) is 12.9. The molecule has 9 nitrogen and oxygen atoms in total. The molecule has 41 heavy (non-hydrogen) atoms. The SMILES string of the molecule is CCN(Cc1cc(O)c2c(c1Cl)C[C@H]1C[C@H]3[C@H](N(C)C)C(O)=C(C(N)=O)C[C@]34OCOC4=C1C2=O)C1CCCCC1. The van der Waals surface area contributed by atoms with Gasteiger partial charge in [-0.1, -0.05) is 37.8 Å². The van der Waals surface area contributed by atoms with Crippen molar-refractivity contribution in [3.8, 4) is 5.75 Å². The first-order valence-electron chi connectivity index (χ1n) is 14.8. The van der Waals surface area contributed by atoms with E-state index in [1.54, 1.807) is 6.07 Å². The summed E-state index contributed by atoms with van der Waals surface area (Å²) in [6, 6.07) is 1.59. The van der Waals surface area contributed by atoms with Crippen molar-refractivity contribution in [1.82, 2.24) is 9.80 Å². The fourth-order valence-corrected chi connectivity index (χ4v) is 8.57. The Morgan fingerprint density at radius 3 is 2.61 bits per heavy atom. The zero-order chi connectivity index (χ0) is 29.2. The molecule has 0 aromatic heterocycles. The van der Waals surface area contributed by atoms with Gasteiger partial charge in [-0.25, -0.2) is 0 Å². The molecule has 4 N–H and O–H groups in total. The Hall–Kier alpha value is -2.59. The molecule has 4 aliphatic carbocycles. The van der Waals surface area contributed by atoms with Gasteiger partial charge in [0, 0.05) is 35.5 Å². The Morgan fingerprint density at radius 2 is 1.95 bits per heavy atom. The number of hydrogen-bond donors (Lipinski definition) is 3. The summed E-state index contributed by atoms with van der Waals surface area (Å²) >= 11 is 7.07. The maximum absolute atomic E-state index is 14.2. The highest BCUT2D eigenvalue weighted by Gasteiger charge is 2.62. The molecule has 6 rings (SSSR count). The maximum Gasteiger partial charge on any atom is 0.248 e. The van der Waals surface area contributed by atoms with E-state index in [2.05, 4.69) is 11.8 Å². The highest BCUT2D eigenvalue weighted by atomic mass is 35.5. The predicted octanol–water partition coefficient (Wildman–Crippen LogP) is 4.20. The molecule has 0 bridgehead atoms. The van der Waals surface area contributed by atoms with E-state index in [-0.39, 0.29) is 53.5 Å². The molecule has 2 fully saturated rings. The minimum atomic E-state index is -1.11. The highest BCUT2D eigenvalue weighted by Crippen LogP contribution is 2.58. The van der Waals surface area contributed by atoms with Gasteiger partial charge in [-0.15, -0.1) is 0 Å². The van der Waals surface area contributed by atoms with E-state index in [0.717, 1.165) is 24.9 Å². The zero-order valence-corrected chi connectivity index (χ0v) is 24.8. The molecule has 0 radical (unpaired) electrons. The van der Waals surface area contributed by atoms with Crippen molar-refractivity contribution < 1.29 is 29.3 Å². The van der Waals surface area contributed by atoms with E-state index in [1.165, 1.54) is 19.3 Å². The molecule has 5 aliphatic rings. The number of hydrogen-bond acceptors (Lipinski definition) is 8. The number of aliphatic hydroxyl groups is 1. The molecule has 1 aliphatic heterocycles. The number of carbonyl (C=O) groups excluding carboxylic acids is 2. The third-order valence-corrected chi connectivity index (χ3v) is 10.6. The molecule has 1 amide bonds. The van der Waals surface area contributed by atoms with Crippen molar-refractivity contribution in [1.29, 1.82) is 0 Å². The molecule has 0 unspecified atom stereocenters. The number of amides is 1. The normalized spacial score (nSPS) is 29.8. The van der Waals surface area contributed by atoms with Crippen molar-refractivity contribution in [2.45, 2.75) is 82.5 Å². The fourth-order valence-electron chi connectivity index (χ4n) is 8.29. The van der Waals surface area contributed by atoms with E-state index in [1.807, 2.05) is 19.0 Å². The minimum Gasteiger partial charge on any atom is -0.510 e. The van der Waals surface area contributed by atoms with Gasteiger partial charge in [0.1, 0.15) is 22.9 Å². The van der Waals surface area contributed by atoms with Crippen LogP contribution in [-0.4, -0.2) is 76.8 Å². The zero-order valence-electron chi connectivity index (χ0n) is 24.0. The lowest BCUT2D eigenvalue weighted by Crippen LogP contribution is -2.58. The summed E-state index contributed by atoms with van der Waals surface area (Å²) in [5.41, 5.74) is 6.84. The van der Waals surface area contributed by atoms with Crippen LogP contribution in [0.3, 0.4) is 0 Å². The Labute approximate surface area is 245 Å². The van der Waals surface area contributed by atoms with Crippen LogP contribution in [0.1, 0.15) is 73.4 Å². The van der Waals surface area contributed by atoms with E-state index >= 15 is 0 Å². The Kier molecular flexibility index (Phi) is 7.37. The minimum absolute atomic E-state index is 0.0224. The lowest BCUT2D eigenvalue weighted by molar-refractivity contribution is -0.118. The maximum atomic E-state index is 14.2. The number of halogens is 1. The largest absolute Gasteiger partial charge is 0.510 e. The van der Waals surface area contributed by atoms with E-state index in [4.69, 9.17) is 26.8 Å². The molecule has 222 valence electrons. The summed E-state index contributed by atoms with van der Waals surface area (Å²) in [6.07, 6.45) is 7.05. The number of primary amides is 1. The van der Waals surface area contributed by atoms with Gasteiger partial charge >= 0.3 is 0 Å². The number of ether oxygens (including phenoxy) is 2. The van der Waals surface area contributed by atoms with Crippen molar-refractivity contribution in [2.24, 2.45) is 17.6 Å². The van der Waals surface area contributed by atoms with Crippen LogP contribution in [-0.2, 0) is 27.2 Å². The lowest BCUT2D eigenvalue weighted by atomic mass is 9.59. The number of carbonyl (C=O) groups is 2. The summed E-state index contributed by atoms with van der Waals surface area (Å²) in [4.78, 5) is 30.8. The summed E-state index contributed by atoms with van der Waals surface area (Å²) in [6.45, 7) is 3.58. The summed E-state index contributed by atoms with van der Waals surface area (Å²) in [5, 5.41) is 23.0. The van der Waals surface area contributed by atoms with Gasteiger partial charge in [-0.3, -0.25) is 19.4 Å². The number of nitrogens with two attached hydrogens (primary N) is 1. The second kappa shape index (κ2) is 10.6. The average Bonchev–Trinajstić information content (AvgIpc) is 3.37. The first-order chi connectivity index (χ1) is 19.6. The number of Topliss-reactive ketones (excluding diaryl/α,β-unsaturated/α-hetero) is 1. The van der Waals surface area contributed by atoms with Crippen LogP contribution in [0.5, 0.6) is 5.75 Å². The van der Waals surface area contributed by atoms with Crippen LogP contribution in [0.2, 0.25) is 5.02 Å². The standard InChI is InChI=1S/C31H40ClN3O6/c1-4-35(18-8-6-5-7-9-18)14-17-12-22(36)24-19(25(17)32)10-16-11-21-26(34(2)3)27(37)20(30(33)39)13-31(21)29(40-15-41-31)23(16)28(24)38/h12,16,18,21,26,36-37H,4-11,13-15H2,1-3H3,(H2,33,39)/t16-,21-,26-,31-/m0/s1. The second-order valence-electron chi connectivity index (χ2n) is 12.5. The third-order valence-electron chi connectivity index (χ3n) is 10.2. The van der Waals surface area contributed by atoms with Crippen LogP contribution in [0.4, 0.5) is 0 Å². The van der Waals surface area contributed by atoms with Gasteiger partial charge < -0.3 is 25.4 Å². The molecule has 1 spiro atoms. The number of benzene rings is 1. The van der Waals surface area contributed by atoms with Gasteiger partial charge in [0.2, 0.25) is 5.91 Å². The Morgan fingerprint density at radius 1 is 1.22 bits per heavy atom. The smallest absolute Gasteiger partial charge is 0.248 e. The topological polar surface area (TPSA) is 126 Å². The van der Waals surface area contributed by atoms with Crippen molar-refractivity contribution >= 4 is 23.3 Å². The van der Waals surface area contributed by atoms with Crippen molar-refractivity contribution in [2.75, 3.05) is 27.4 Å². The number of likely N-dealkylation sites (N-methyl/N-ethyl adjacent to an activating group) is 1. The van der Waals surface area contributed by atoms with E-state index < -0.39 is 17.6 Å². The molecule has 10 heteroatoms. The number of phenols is 1. The van der Waals surface area contributed by atoms with Crippen LogP contribution in [0, 0.1) is 11.8 Å². The molecular formula is C31H40ClN3O6. The average molecular weight is 586 g/mol. The number of phenolic OH excluding ortho intramolecular Hbond substituents is 1. The van der Waals surface area contributed by atoms with Gasteiger partial charge in [-0.2, -0.15) is 0 Å². The van der Waals surface area contributed by atoms with Crippen LogP contribution in [0.25, 0.3) is 0 Å². The number of nitrogens with zero attached hydrogens (tertiary/aromatic N) is 2. The molecule has 1 heterocycles. The molecular weight excluding hydrogens is 546 g/mol. The first-order valence-corrected chi connectivity index (χ1v) is 15.2. The molecule has 1 aromatic carbocycles. The van der Waals surface area contributed by atoms with Crippen LogP contribution in [0.15, 0.2) is 28.7 Å². The predicted molar refractivity (Wildman–Crippen MR) is 153 cm³/mol. The third kappa shape index (κ3) is 4.39. The molecule has 1 saturated heterocycles. The van der Waals surface area contributed by atoms with Gasteiger partial charge in [0.15, 0.2) is 12.6 Å². The van der Waals surface area contributed by atoms with Gasteiger partial charge in [0.05, 0.1) is 17.2 Å². The first kappa shape index (κ1) is 28.5. The number of allylic oxidation sites excluding steroid dienone is 1. The van der Waals surface area contributed by atoms with E-state index in [9.17, 15) is 19.8 Å². The number of rotatable bonds is 6. The molecule has 4 atom stereocenters. The summed E-state index contributed by atoms with van der Waals surface area (Å²) in [7, 11) is 3.67. The summed E-state index contributed by atoms with van der Waals surface area (Å²) in [5.74, 6) is -1.32. The van der Waals surface area contributed by atoms with Gasteiger partial charge in [-0.05, 0) is 69.4 Å². The quantitative estimate of drug-likeness (QED) is 0.453. The van der Waals surface area contributed by atoms with Crippen LogP contribution < -0.4 is 5.73 Å². The number of ketones is 1. The Balaban J connectivity index is 1.42. The highest BCUT2D eigenvalue weighted by molar-refractivity contribution is 6.33. The molecule has 1 saturated carbocycles. The lowest BCUT2D eigenvalue weighted by Gasteiger charge is -2.51. The van der Waals surface area contributed by atoms with Crippen LogP contribution >= 0.6 is 11.6 Å². The van der Waals surface area contributed by atoms with Crippen molar-refractivity contribution in [3.05, 3.63) is 50.4 Å². The van der Waals surface area contributed by atoms with Crippen molar-refractivity contribution in [3.63, 3.8) is 0 Å². The molecule has 1 aromatic rings. The number of aliphatic hydroxyl groups excluding tert-OH is 1. The van der Waals surface area contributed by atoms with Gasteiger partial charge in [0.25, 0.3) is 0 Å². The Bertz CT molecular complexity index is 1350. The fraction of sp³-hybridized carbons (Fsp3) is 0.613. The number of fused-ring (bicyclic) bond motifs is 2. The van der Waals surface area contributed by atoms with E-state index in [0.29, 0.717) is 47.3 Å². The monoisotopic (exact) mass is 585 g/mol.